The summed E-state index contributed by atoms with van der Waals surface area (Å²) >= 11 is 1.40. The average Bonchev–Trinajstić information content (AvgIpc) is 3.26. The summed E-state index contributed by atoms with van der Waals surface area (Å²) in [6, 6.07) is 15.5. The minimum atomic E-state index is -0.229. The van der Waals surface area contributed by atoms with E-state index in [4.69, 9.17) is 9.47 Å². The molecule has 0 unspecified atom stereocenters. The number of amides is 1. The van der Waals surface area contributed by atoms with Crippen molar-refractivity contribution in [3.05, 3.63) is 65.6 Å². The normalized spacial score (nSPS) is 10.9. The predicted octanol–water partition coefficient (Wildman–Crippen LogP) is 6.43. The van der Waals surface area contributed by atoms with E-state index in [0.717, 1.165) is 47.6 Å². The number of anilines is 1. The van der Waals surface area contributed by atoms with Gasteiger partial charge in [0, 0.05) is 22.6 Å². The molecule has 0 atom stereocenters. The number of nitrogens with zero attached hydrogens (tertiary/aromatic N) is 1. The molecule has 0 aliphatic rings. The highest BCUT2D eigenvalue weighted by molar-refractivity contribution is 7.14. The molecule has 5 nitrogen and oxygen atoms in total. The lowest BCUT2D eigenvalue weighted by molar-refractivity contribution is -0.111. The molecule has 162 valence electrons. The molecule has 0 aliphatic carbocycles. The molecular weight excluding hydrogens is 408 g/mol. The fourth-order valence-electron chi connectivity index (χ4n) is 2.79. The Morgan fingerprint density at radius 3 is 2.61 bits per heavy atom. The highest BCUT2D eigenvalue weighted by Crippen LogP contribution is 2.27. The first-order valence-corrected chi connectivity index (χ1v) is 11.5. The van der Waals surface area contributed by atoms with E-state index in [1.165, 1.54) is 17.4 Å². The number of para-hydroxylation sites is 1. The molecule has 3 aromatic rings. The number of carbonyl (C=O) groups is 1. The Labute approximate surface area is 187 Å². The van der Waals surface area contributed by atoms with Gasteiger partial charge in [-0.25, -0.2) is 4.98 Å². The molecule has 0 spiro atoms. The summed E-state index contributed by atoms with van der Waals surface area (Å²) in [7, 11) is 0. The van der Waals surface area contributed by atoms with Crippen LogP contribution in [0.25, 0.3) is 17.3 Å². The van der Waals surface area contributed by atoms with Crippen LogP contribution in [0.1, 0.15) is 38.7 Å². The summed E-state index contributed by atoms with van der Waals surface area (Å²) in [4.78, 5) is 16.9. The largest absolute Gasteiger partial charge is 0.494 e. The van der Waals surface area contributed by atoms with Gasteiger partial charge < -0.3 is 9.47 Å². The second-order valence-electron chi connectivity index (χ2n) is 6.97. The minimum Gasteiger partial charge on any atom is -0.494 e. The van der Waals surface area contributed by atoms with E-state index < -0.39 is 0 Å². The summed E-state index contributed by atoms with van der Waals surface area (Å²) in [5.41, 5.74) is 2.68. The number of unbranched alkanes of at least 4 members (excludes halogenated alkanes) is 1. The zero-order chi connectivity index (χ0) is 21.9. The minimum absolute atomic E-state index is 0.229. The number of aromatic nitrogens is 1. The Morgan fingerprint density at radius 2 is 1.84 bits per heavy atom. The number of nitrogens with one attached hydrogen (secondary N) is 1. The molecule has 0 bridgehead atoms. The monoisotopic (exact) mass is 436 g/mol. The van der Waals surface area contributed by atoms with Crippen molar-refractivity contribution in [2.45, 2.75) is 33.1 Å². The van der Waals surface area contributed by atoms with Gasteiger partial charge in [-0.15, -0.1) is 11.3 Å². The van der Waals surface area contributed by atoms with Gasteiger partial charge in [0.15, 0.2) is 5.13 Å². The highest BCUT2D eigenvalue weighted by atomic mass is 32.1. The van der Waals surface area contributed by atoms with Gasteiger partial charge in [-0.05, 0) is 49.2 Å². The van der Waals surface area contributed by atoms with Crippen LogP contribution < -0.4 is 14.8 Å². The molecule has 0 saturated carbocycles. The van der Waals surface area contributed by atoms with Crippen LogP contribution in [-0.4, -0.2) is 24.1 Å². The third-order valence-electron chi connectivity index (χ3n) is 4.45. The maximum Gasteiger partial charge on any atom is 0.250 e. The maximum absolute atomic E-state index is 12.4. The predicted molar refractivity (Wildman–Crippen MR) is 128 cm³/mol. The Hall–Kier alpha value is -3.12. The number of benzene rings is 2. The topological polar surface area (TPSA) is 60.5 Å². The van der Waals surface area contributed by atoms with E-state index in [0.29, 0.717) is 18.3 Å². The van der Waals surface area contributed by atoms with Crippen molar-refractivity contribution in [3.63, 3.8) is 0 Å². The second kappa shape index (κ2) is 11.9. The van der Waals surface area contributed by atoms with Crippen molar-refractivity contribution in [2.24, 2.45) is 0 Å². The number of ether oxygens (including phenoxy) is 2. The zero-order valence-corrected chi connectivity index (χ0v) is 18.8. The zero-order valence-electron chi connectivity index (χ0n) is 18.0. The standard InChI is InChI=1S/C25H28N2O3S/c1-3-5-17-30-23-9-7-6-8-20(23)12-15-24(28)27-25-26-22(18-31-25)19-10-13-21(14-11-19)29-16-4-2/h6-15,18H,3-5,16-17H2,1-2H3,(H,26,27,28). The molecule has 0 fully saturated rings. The molecule has 1 aromatic heterocycles. The van der Waals surface area contributed by atoms with Gasteiger partial charge in [-0.3, -0.25) is 10.1 Å². The molecule has 2 aromatic carbocycles. The number of carbonyl (C=O) groups excluding carboxylic acids is 1. The second-order valence-corrected chi connectivity index (χ2v) is 7.83. The highest BCUT2D eigenvalue weighted by Gasteiger charge is 2.07. The van der Waals surface area contributed by atoms with Crippen LogP contribution in [-0.2, 0) is 4.79 Å². The smallest absolute Gasteiger partial charge is 0.250 e. The van der Waals surface area contributed by atoms with Crippen molar-refractivity contribution in [1.29, 1.82) is 0 Å². The first-order valence-electron chi connectivity index (χ1n) is 10.6. The molecule has 1 heterocycles. The van der Waals surface area contributed by atoms with Gasteiger partial charge in [-0.1, -0.05) is 38.5 Å². The lowest BCUT2D eigenvalue weighted by Gasteiger charge is -2.08. The maximum atomic E-state index is 12.4. The van der Waals surface area contributed by atoms with Crippen LogP contribution in [0.3, 0.4) is 0 Å². The van der Waals surface area contributed by atoms with Gasteiger partial charge in [0.2, 0.25) is 5.91 Å². The summed E-state index contributed by atoms with van der Waals surface area (Å²) < 4.78 is 11.4. The van der Waals surface area contributed by atoms with Gasteiger partial charge in [0.1, 0.15) is 11.5 Å². The molecule has 6 heteroatoms. The van der Waals surface area contributed by atoms with Crippen molar-refractivity contribution < 1.29 is 14.3 Å². The van der Waals surface area contributed by atoms with Crippen LogP contribution >= 0.6 is 11.3 Å². The van der Waals surface area contributed by atoms with Crippen molar-refractivity contribution in [3.8, 4) is 22.8 Å². The molecule has 0 saturated heterocycles. The Bertz CT molecular complexity index is 996. The Morgan fingerprint density at radius 1 is 1.03 bits per heavy atom. The summed E-state index contributed by atoms with van der Waals surface area (Å²) in [6.07, 6.45) is 6.32. The van der Waals surface area contributed by atoms with Crippen molar-refractivity contribution in [1.82, 2.24) is 4.98 Å². The molecular formula is C25H28N2O3S. The van der Waals surface area contributed by atoms with Gasteiger partial charge in [-0.2, -0.15) is 0 Å². The summed E-state index contributed by atoms with van der Waals surface area (Å²) in [5, 5.41) is 5.32. The first kappa shape index (κ1) is 22.6. The summed E-state index contributed by atoms with van der Waals surface area (Å²) in [6.45, 7) is 5.58. The number of hydrogen-bond donors (Lipinski definition) is 1. The van der Waals surface area contributed by atoms with Gasteiger partial charge in [0.05, 0.1) is 18.9 Å². The van der Waals surface area contributed by atoms with E-state index in [2.05, 4.69) is 24.1 Å². The van der Waals surface area contributed by atoms with Crippen molar-refractivity contribution in [2.75, 3.05) is 18.5 Å². The van der Waals surface area contributed by atoms with Crippen LogP contribution in [0.2, 0.25) is 0 Å². The SMILES string of the molecule is CCCCOc1ccccc1C=CC(=O)Nc1nc(-c2ccc(OCCC)cc2)cs1. The number of rotatable bonds is 11. The van der Waals surface area contributed by atoms with Crippen LogP contribution in [0.5, 0.6) is 11.5 Å². The Kier molecular flexibility index (Phi) is 8.67. The molecule has 31 heavy (non-hydrogen) atoms. The molecule has 1 amide bonds. The quantitative estimate of drug-likeness (QED) is 0.278. The summed E-state index contributed by atoms with van der Waals surface area (Å²) in [5.74, 6) is 1.40. The van der Waals surface area contributed by atoms with Crippen LogP contribution in [0, 0.1) is 0 Å². The lowest BCUT2D eigenvalue weighted by Crippen LogP contribution is -2.07. The van der Waals surface area contributed by atoms with E-state index in [9.17, 15) is 4.79 Å². The van der Waals surface area contributed by atoms with Crippen LogP contribution in [0.4, 0.5) is 5.13 Å². The van der Waals surface area contributed by atoms with E-state index in [-0.39, 0.29) is 5.91 Å². The number of thiazole rings is 1. The molecule has 3 rings (SSSR count). The Balaban J connectivity index is 1.59. The first-order chi connectivity index (χ1) is 15.2. The third-order valence-corrected chi connectivity index (χ3v) is 5.20. The lowest BCUT2D eigenvalue weighted by atomic mass is 10.2. The van der Waals surface area contributed by atoms with E-state index >= 15 is 0 Å². The fourth-order valence-corrected chi connectivity index (χ4v) is 3.52. The van der Waals surface area contributed by atoms with Gasteiger partial charge >= 0.3 is 0 Å². The van der Waals surface area contributed by atoms with E-state index in [1.54, 1.807) is 6.08 Å². The van der Waals surface area contributed by atoms with Crippen molar-refractivity contribution >= 4 is 28.5 Å². The number of hydrogen-bond acceptors (Lipinski definition) is 5. The molecule has 0 radical (unpaired) electrons. The fraction of sp³-hybridized carbons (Fsp3) is 0.280. The third kappa shape index (κ3) is 6.96. The molecule has 0 aliphatic heterocycles. The van der Waals surface area contributed by atoms with E-state index in [1.807, 2.05) is 53.9 Å². The molecule has 1 N–H and O–H groups in total. The van der Waals surface area contributed by atoms with Gasteiger partial charge in [0.25, 0.3) is 0 Å². The average molecular weight is 437 g/mol. The van der Waals surface area contributed by atoms with Crippen LogP contribution in [0.15, 0.2) is 60.0 Å².